The Morgan fingerprint density at radius 2 is 2.06 bits per heavy atom. The Labute approximate surface area is 94.3 Å². The summed E-state index contributed by atoms with van der Waals surface area (Å²) in [6.45, 7) is 0.487. The van der Waals surface area contributed by atoms with Gasteiger partial charge in [0.1, 0.15) is 6.29 Å². The van der Waals surface area contributed by atoms with Crippen molar-refractivity contribution in [1.82, 2.24) is 9.03 Å². The highest BCUT2D eigenvalue weighted by molar-refractivity contribution is 7.87. The van der Waals surface area contributed by atoms with Crippen LogP contribution < -0.4 is 4.72 Å². The van der Waals surface area contributed by atoms with Gasteiger partial charge in [-0.3, -0.25) is 0 Å². The van der Waals surface area contributed by atoms with Gasteiger partial charge in [0.25, 0.3) is 10.2 Å². The Morgan fingerprint density at radius 1 is 1.38 bits per heavy atom. The molecule has 1 aromatic rings. The zero-order chi connectivity index (χ0) is 11.6. The first kappa shape index (κ1) is 11.3. The molecule has 0 radical (unpaired) electrons. The van der Waals surface area contributed by atoms with Crippen LogP contribution in [-0.2, 0) is 21.5 Å². The smallest absolute Gasteiger partial charge is 0.280 e. The van der Waals surface area contributed by atoms with E-state index in [-0.39, 0.29) is 6.54 Å². The summed E-state index contributed by atoms with van der Waals surface area (Å²) in [5, 5.41) is 0. The molecule has 1 N–H and O–H groups in total. The maximum atomic E-state index is 11.6. The predicted molar refractivity (Wildman–Crippen MR) is 58.8 cm³/mol. The van der Waals surface area contributed by atoms with Crippen LogP contribution in [0.1, 0.15) is 5.56 Å². The van der Waals surface area contributed by atoms with Crippen molar-refractivity contribution in [3.05, 3.63) is 35.9 Å². The highest BCUT2D eigenvalue weighted by Gasteiger charge is 2.34. The summed E-state index contributed by atoms with van der Waals surface area (Å²) in [4.78, 5) is 10.5. The summed E-state index contributed by atoms with van der Waals surface area (Å²) in [6.07, 6.45) is 0.614. The summed E-state index contributed by atoms with van der Waals surface area (Å²) >= 11 is 0. The maximum Gasteiger partial charge on any atom is 0.280 e. The van der Waals surface area contributed by atoms with Gasteiger partial charge < -0.3 is 4.79 Å². The molecule has 0 aromatic heterocycles. The van der Waals surface area contributed by atoms with Crippen molar-refractivity contribution >= 4 is 16.5 Å². The number of aldehydes is 1. The van der Waals surface area contributed by atoms with Crippen molar-refractivity contribution in [3.63, 3.8) is 0 Å². The molecule has 1 aliphatic rings. The second-order valence-corrected chi connectivity index (χ2v) is 5.35. The molecule has 1 aliphatic heterocycles. The second-order valence-electron chi connectivity index (χ2n) is 3.64. The molecular weight excluding hydrogens is 228 g/mol. The van der Waals surface area contributed by atoms with Gasteiger partial charge in [-0.15, -0.1) is 0 Å². The van der Waals surface area contributed by atoms with E-state index in [9.17, 15) is 13.2 Å². The first-order valence-corrected chi connectivity index (χ1v) is 6.32. The van der Waals surface area contributed by atoms with Gasteiger partial charge in [-0.25, -0.2) is 0 Å². The first-order chi connectivity index (χ1) is 7.62. The van der Waals surface area contributed by atoms with Gasteiger partial charge in [0.2, 0.25) is 0 Å². The molecule has 0 saturated carbocycles. The largest absolute Gasteiger partial charge is 0.302 e. The fraction of sp³-hybridized carbons (Fsp3) is 0.300. The Kier molecular flexibility index (Phi) is 3.04. The number of rotatable bonds is 3. The fourth-order valence-corrected chi connectivity index (χ4v) is 2.97. The fourth-order valence-electron chi connectivity index (χ4n) is 1.63. The van der Waals surface area contributed by atoms with E-state index in [1.54, 1.807) is 0 Å². The number of carbonyl (C=O) groups is 1. The van der Waals surface area contributed by atoms with Crippen LogP contribution in [-0.4, -0.2) is 31.6 Å². The quantitative estimate of drug-likeness (QED) is 0.750. The molecule has 1 aromatic carbocycles. The summed E-state index contributed by atoms with van der Waals surface area (Å²) in [6, 6.07) is 8.64. The van der Waals surface area contributed by atoms with Gasteiger partial charge in [-0.05, 0) is 5.56 Å². The Hall–Kier alpha value is -1.24. The summed E-state index contributed by atoms with van der Waals surface area (Å²) in [5.41, 5.74) is 0.902. The van der Waals surface area contributed by atoms with Gasteiger partial charge in [-0.1, -0.05) is 30.3 Å². The van der Waals surface area contributed by atoms with Gasteiger partial charge in [0.15, 0.2) is 0 Å². The van der Waals surface area contributed by atoms with Gasteiger partial charge in [-0.2, -0.15) is 17.4 Å². The van der Waals surface area contributed by atoms with E-state index in [1.807, 2.05) is 30.3 Å². The minimum Gasteiger partial charge on any atom is -0.302 e. The van der Waals surface area contributed by atoms with Crippen LogP contribution in [0, 0.1) is 0 Å². The molecule has 86 valence electrons. The van der Waals surface area contributed by atoms with E-state index < -0.39 is 16.3 Å². The Bertz CT molecular complexity index is 472. The van der Waals surface area contributed by atoms with Crippen molar-refractivity contribution in [2.24, 2.45) is 0 Å². The van der Waals surface area contributed by atoms with E-state index in [0.29, 0.717) is 12.8 Å². The van der Waals surface area contributed by atoms with Crippen LogP contribution in [0.3, 0.4) is 0 Å². The third-order valence-electron chi connectivity index (χ3n) is 2.41. The molecule has 0 aliphatic carbocycles. The number of benzene rings is 1. The molecule has 6 heteroatoms. The molecule has 0 amide bonds. The van der Waals surface area contributed by atoms with E-state index in [2.05, 4.69) is 4.72 Å². The third kappa shape index (κ3) is 2.29. The molecule has 5 nitrogen and oxygen atoms in total. The number of nitrogens with one attached hydrogen (secondary N) is 1. The van der Waals surface area contributed by atoms with Crippen molar-refractivity contribution < 1.29 is 13.2 Å². The topological polar surface area (TPSA) is 66.5 Å². The number of carbonyl (C=O) groups excluding carboxylic acids is 1. The molecular formula is C10H12N2O3S. The molecule has 1 saturated heterocycles. The molecule has 1 heterocycles. The van der Waals surface area contributed by atoms with Crippen LogP contribution in [0.15, 0.2) is 30.3 Å². The minimum absolute atomic E-state index is 0.195. The van der Waals surface area contributed by atoms with Crippen LogP contribution in [0.5, 0.6) is 0 Å². The van der Waals surface area contributed by atoms with Crippen molar-refractivity contribution in [3.8, 4) is 0 Å². The predicted octanol–water partition coefficient (Wildman–Crippen LogP) is -0.0959. The zero-order valence-corrected chi connectivity index (χ0v) is 9.35. The van der Waals surface area contributed by atoms with Crippen molar-refractivity contribution in [1.29, 1.82) is 0 Å². The van der Waals surface area contributed by atoms with Gasteiger partial charge in [0.05, 0.1) is 6.04 Å². The maximum absolute atomic E-state index is 11.6. The standard InChI is InChI=1S/C10H12N2O3S/c13-8-10-7-12(16(14,15)11-10)6-9-4-2-1-3-5-9/h1-5,8,10-11H,6-7H2. The Balaban J connectivity index is 2.14. The van der Waals surface area contributed by atoms with E-state index in [4.69, 9.17) is 0 Å². The molecule has 16 heavy (non-hydrogen) atoms. The molecule has 2 rings (SSSR count). The minimum atomic E-state index is -3.49. The summed E-state index contributed by atoms with van der Waals surface area (Å²) < 4.78 is 26.7. The molecule has 1 atom stereocenters. The SMILES string of the molecule is O=CC1CN(Cc2ccccc2)S(=O)(=O)N1. The van der Waals surface area contributed by atoms with Crippen LogP contribution in [0.25, 0.3) is 0 Å². The molecule has 0 spiro atoms. The lowest BCUT2D eigenvalue weighted by molar-refractivity contribution is -0.109. The highest BCUT2D eigenvalue weighted by Crippen LogP contribution is 2.13. The summed E-state index contributed by atoms with van der Waals surface area (Å²) in [7, 11) is -3.49. The number of hydrogen-bond donors (Lipinski definition) is 1. The zero-order valence-electron chi connectivity index (χ0n) is 8.54. The second kappa shape index (κ2) is 4.32. The lowest BCUT2D eigenvalue weighted by Gasteiger charge is -2.12. The normalized spacial score (nSPS) is 24.4. The summed E-state index contributed by atoms with van der Waals surface area (Å²) in [5.74, 6) is 0. The lowest BCUT2D eigenvalue weighted by atomic mass is 10.2. The van der Waals surface area contributed by atoms with Crippen LogP contribution >= 0.6 is 0 Å². The van der Waals surface area contributed by atoms with Crippen LogP contribution in [0.4, 0.5) is 0 Å². The van der Waals surface area contributed by atoms with Crippen LogP contribution in [0.2, 0.25) is 0 Å². The third-order valence-corrected chi connectivity index (χ3v) is 3.97. The molecule has 0 bridgehead atoms. The lowest BCUT2D eigenvalue weighted by Crippen LogP contribution is -2.30. The average molecular weight is 240 g/mol. The first-order valence-electron chi connectivity index (χ1n) is 4.88. The van der Waals surface area contributed by atoms with Crippen molar-refractivity contribution in [2.75, 3.05) is 6.54 Å². The van der Waals surface area contributed by atoms with E-state index >= 15 is 0 Å². The van der Waals surface area contributed by atoms with Crippen molar-refractivity contribution in [2.45, 2.75) is 12.6 Å². The Morgan fingerprint density at radius 3 is 2.62 bits per heavy atom. The average Bonchev–Trinajstić information content (AvgIpc) is 2.55. The molecule has 1 unspecified atom stereocenters. The highest BCUT2D eigenvalue weighted by atomic mass is 32.2. The van der Waals surface area contributed by atoms with E-state index in [0.717, 1.165) is 5.56 Å². The van der Waals surface area contributed by atoms with Gasteiger partial charge >= 0.3 is 0 Å². The number of hydrogen-bond acceptors (Lipinski definition) is 3. The monoisotopic (exact) mass is 240 g/mol. The van der Waals surface area contributed by atoms with Gasteiger partial charge in [0, 0.05) is 13.1 Å². The number of nitrogens with zero attached hydrogens (tertiary/aromatic N) is 1. The van der Waals surface area contributed by atoms with E-state index in [1.165, 1.54) is 4.31 Å². The molecule has 1 fully saturated rings.